The van der Waals surface area contributed by atoms with Gasteiger partial charge in [-0.05, 0) is 12.1 Å². The first-order chi connectivity index (χ1) is 8.18. The normalized spacial score (nSPS) is 10.1. The van der Waals surface area contributed by atoms with Crippen LogP contribution in [0.5, 0.6) is 0 Å². The van der Waals surface area contributed by atoms with Gasteiger partial charge in [0.2, 0.25) is 0 Å². The third-order valence-electron chi connectivity index (χ3n) is 2.22. The minimum absolute atomic E-state index is 0.246. The van der Waals surface area contributed by atoms with Gasteiger partial charge >= 0.3 is 5.97 Å². The number of hydrogen-bond donors (Lipinski definition) is 1. The summed E-state index contributed by atoms with van der Waals surface area (Å²) in [4.78, 5) is 30.2. The largest absolute Gasteiger partial charge is 0.477 e. The molecule has 6 heteroatoms. The molecule has 86 valence electrons. The highest BCUT2D eigenvalue weighted by atomic mass is 16.4. The number of pyridine rings is 1. The Morgan fingerprint density at radius 1 is 1.35 bits per heavy atom. The summed E-state index contributed by atoms with van der Waals surface area (Å²) in [6, 6.07) is 2.80. The Labute approximate surface area is 96.2 Å². The molecule has 0 fully saturated rings. The van der Waals surface area contributed by atoms with Crippen molar-refractivity contribution in [3.05, 3.63) is 58.5 Å². The van der Waals surface area contributed by atoms with Crippen LogP contribution in [0.3, 0.4) is 0 Å². The average molecular weight is 231 g/mol. The highest BCUT2D eigenvalue weighted by Gasteiger charge is 2.10. The monoisotopic (exact) mass is 231 g/mol. The summed E-state index contributed by atoms with van der Waals surface area (Å²) < 4.78 is 1.31. The van der Waals surface area contributed by atoms with E-state index < -0.39 is 11.5 Å². The maximum atomic E-state index is 11.8. The van der Waals surface area contributed by atoms with Gasteiger partial charge in [0.15, 0.2) is 0 Å². The molecule has 0 aliphatic rings. The van der Waals surface area contributed by atoms with Gasteiger partial charge in [-0.15, -0.1) is 0 Å². The minimum atomic E-state index is -1.23. The van der Waals surface area contributed by atoms with Crippen LogP contribution in [0.2, 0.25) is 0 Å². The predicted octanol–water partition coefficient (Wildman–Crippen LogP) is 0.385. The van der Waals surface area contributed by atoms with Crippen LogP contribution in [0.1, 0.15) is 15.9 Å². The average Bonchev–Trinajstić information content (AvgIpc) is 2.33. The van der Waals surface area contributed by atoms with E-state index in [-0.39, 0.29) is 12.1 Å². The van der Waals surface area contributed by atoms with Crippen molar-refractivity contribution in [1.29, 1.82) is 0 Å². The molecule has 0 saturated heterocycles. The fourth-order valence-corrected chi connectivity index (χ4v) is 1.43. The predicted molar refractivity (Wildman–Crippen MR) is 58.8 cm³/mol. The zero-order valence-electron chi connectivity index (χ0n) is 8.78. The third kappa shape index (κ3) is 2.36. The Morgan fingerprint density at radius 3 is 2.71 bits per heavy atom. The molecule has 1 N–H and O–H groups in total. The number of hydrogen-bond acceptors (Lipinski definition) is 4. The lowest BCUT2D eigenvalue weighted by atomic mass is 10.2. The molecule has 0 saturated carbocycles. The van der Waals surface area contributed by atoms with E-state index in [0.29, 0.717) is 0 Å². The fourth-order valence-electron chi connectivity index (χ4n) is 1.43. The second-order valence-electron chi connectivity index (χ2n) is 3.41. The van der Waals surface area contributed by atoms with Gasteiger partial charge in [-0.25, -0.2) is 14.8 Å². The molecule has 0 radical (unpaired) electrons. The summed E-state index contributed by atoms with van der Waals surface area (Å²) >= 11 is 0. The summed E-state index contributed by atoms with van der Waals surface area (Å²) in [5, 5.41) is 8.82. The molecule has 0 aliphatic heterocycles. The summed E-state index contributed by atoms with van der Waals surface area (Å²) in [7, 11) is 0. The Balaban J connectivity index is 2.38. The molecule has 2 heterocycles. The third-order valence-corrected chi connectivity index (χ3v) is 2.22. The van der Waals surface area contributed by atoms with Gasteiger partial charge in [-0.3, -0.25) is 4.79 Å². The number of aromatic carboxylic acids is 1. The van der Waals surface area contributed by atoms with Crippen molar-refractivity contribution < 1.29 is 9.90 Å². The molecule has 2 rings (SSSR count). The fraction of sp³-hybridized carbons (Fsp3) is 0.0909. The van der Waals surface area contributed by atoms with Crippen LogP contribution in [0, 0.1) is 0 Å². The molecule has 0 aromatic carbocycles. The first-order valence-electron chi connectivity index (χ1n) is 4.85. The number of rotatable bonds is 3. The molecule has 0 aliphatic carbocycles. The van der Waals surface area contributed by atoms with E-state index >= 15 is 0 Å². The molecule has 6 nitrogen and oxygen atoms in total. The van der Waals surface area contributed by atoms with Gasteiger partial charge in [-0.2, -0.15) is 0 Å². The summed E-state index contributed by atoms with van der Waals surface area (Å²) in [6.07, 6.45) is 6.07. The van der Waals surface area contributed by atoms with Crippen LogP contribution in [0.4, 0.5) is 0 Å². The van der Waals surface area contributed by atoms with Crippen molar-refractivity contribution in [2.45, 2.75) is 6.54 Å². The van der Waals surface area contributed by atoms with Crippen molar-refractivity contribution in [3.63, 3.8) is 0 Å². The topological polar surface area (TPSA) is 85.1 Å². The first-order valence-corrected chi connectivity index (χ1v) is 4.85. The lowest BCUT2D eigenvalue weighted by Crippen LogP contribution is -2.26. The zero-order valence-corrected chi connectivity index (χ0v) is 8.78. The van der Waals surface area contributed by atoms with Crippen molar-refractivity contribution in [2.75, 3.05) is 0 Å². The Hall–Kier alpha value is -2.50. The second kappa shape index (κ2) is 4.56. The van der Waals surface area contributed by atoms with E-state index in [1.807, 2.05) is 0 Å². The standard InChI is InChI=1S/C11H9N3O3/c15-10-9(11(16)17)2-1-3-14(10)6-8-4-12-7-13-5-8/h1-5,7H,6H2,(H,16,17). The van der Waals surface area contributed by atoms with Crippen molar-refractivity contribution in [2.24, 2.45) is 0 Å². The summed E-state index contributed by atoms with van der Waals surface area (Å²) in [5.41, 5.74) is -0.0506. The molecular formula is C11H9N3O3. The lowest BCUT2D eigenvalue weighted by Gasteiger charge is -2.05. The zero-order chi connectivity index (χ0) is 12.3. The van der Waals surface area contributed by atoms with Gasteiger partial charge < -0.3 is 9.67 Å². The molecule has 0 bridgehead atoms. The Morgan fingerprint density at radius 2 is 2.06 bits per heavy atom. The SMILES string of the molecule is O=C(O)c1cccn(Cc2cncnc2)c1=O. The molecule has 0 spiro atoms. The number of carboxylic acid groups (broad SMARTS) is 1. The van der Waals surface area contributed by atoms with E-state index in [9.17, 15) is 9.59 Å². The van der Waals surface area contributed by atoms with Crippen LogP contribution in [0.15, 0.2) is 41.8 Å². The van der Waals surface area contributed by atoms with Gasteiger partial charge in [-0.1, -0.05) is 0 Å². The van der Waals surface area contributed by atoms with Crippen LogP contribution in [0.25, 0.3) is 0 Å². The molecule has 0 atom stereocenters. The van der Waals surface area contributed by atoms with Crippen molar-refractivity contribution >= 4 is 5.97 Å². The Kier molecular flexibility index (Phi) is 2.95. The summed E-state index contributed by atoms with van der Waals surface area (Å²) in [5.74, 6) is -1.23. The molecule has 2 aromatic rings. The van der Waals surface area contributed by atoms with Gasteiger partial charge in [0.05, 0.1) is 6.54 Å². The number of aromatic nitrogens is 3. The second-order valence-corrected chi connectivity index (χ2v) is 3.41. The molecular weight excluding hydrogens is 222 g/mol. The molecule has 2 aromatic heterocycles. The Bertz CT molecular complexity index is 592. The van der Waals surface area contributed by atoms with E-state index in [2.05, 4.69) is 9.97 Å². The lowest BCUT2D eigenvalue weighted by molar-refractivity contribution is 0.0694. The van der Waals surface area contributed by atoms with Gasteiger partial charge in [0, 0.05) is 24.2 Å². The van der Waals surface area contributed by atoms with Crippen LogP contribution in [-0.2, 0) is 6.54 Å². The number of carboxylic acids is 1. The number of carbonyl (C=O) groups is 1. The molecule has 0 amide bonds. The van der Waals surface area contributed by atoms with E-state index in [1.54, 1.807) is 12.4 Å². The highest BCUT2D eigenvalue weighted by molar-refractivity contribution is 5.86. The van der Waals surface area contributed by atoms with E-state index in [0.717, 1.165) is 5.56 Å². The van der Waals surface area contributed by atoms with Crippen LogP contribution in [-0.4, -0.2) is 25.6 Å². The van der Waals surface area contributed by atoms with E-state index in [4.69, 9.17) is 5.11 Å². The minimum Gasteiger partial charge on any atom is -0.477 e. The van der Waals surface area contributed by atoms with Crippen molar-refractivity contribution in [3.8, 4) is 0 Å². The highest BCUT2D eigenvalue weighted by Crippen LogP contribution is 1.98. The smallest absolute Gasteiger partial charge is 0.341 e. The number of nitrogens with zero attached hydrogens (tertiary/aromatic N) is 3. The van der Waals surface area contributed by atoms with Gasteiger partial charge in [0.1, 0.15) is 11.9 Å². The summed E-state index contributed by atoms with van der Waals surface area (Å²) in [6.45, 7) is 0.251. The van der Waals surface area contributed by atoms with Crippen LogP contribution < -0.4 is 5.56 Å². The van der Waals surface area contributed by atoms with E-state index in [1.165, 1.54) is 29.2 Å². The maximum absolute atomic E-state index is 11.8. The van der Waals surface area contributed by atoms with Gasteiger partial charge in [0.25, 0.3) is 5.56 Å². The molecule has 0 unspecified atom stereocenters. The van der Waals surface area contributed by atoms with Crippen molar-refractivity contribution in [1.82, 2.24) is 14.5 Å². The molecule has 17 heavy (non-hydrogen) atoms. The maximum Gasteiger partial charge on any atom is 0.341 e. The first kappa shape index (κ1) is 11.0. The quantitative estimate of drug-likeness (QED) is 0.825. The van der Waals surface area contributed by atoms with Crippen LogP contribution >= 0.6 is 0 Å².